The first-order valence-corrected chi connectivity index (χ1v) is 11.8. The number of fused-ring (bicyclic) bond motifs is 1. The summed E-state index contributed by atoms with van der Waals surface area (Å²) in [5.41, 5.74) is 2.73. The summed E-state index contributed by atoms with van der Waals surface area (Å²) in [6.45, 7) is 1.17. The van der Waals surface area contributed by atoms with Crippen LogP contribution in [0, 0.1) is 0 Å². The van der Waals surface area contributed by atoms with Crippen molar-refractivity contribution in [1.82, 2.24) is 15.5 Å². The largest absolute Gasteiger partial charge is 0.489 e. The Morgan fingerprint density at radius 2 is 1.82 bits per heavy atom. The van der Waals surface area contributed by atoms with E-state index < -0.39 is 11.9 Å². The van der Waals surface area contributed by atoms with Crippen LogP contribution in [0.15, 0.2) is 48.5 Å². The van der Waals surface area contributed by atoms with Gasteiger partial charge < -0.3 is 15.0 Å². The Kier molecular flexibility index (Phi) is 6.13. The molecule has 1 saturated carbocycles. The first-order valence-electron chi connectivity index (χ1n) is 11.8. The number of hydrogen-bond donors (Lipinski definition) is 2. The van der Waals surface area contributed by atoms with Crippen LogP contribution >= 0.6 is 0 Å². The Balaban J connectivity index is 1.25. The van der Waals surface area contributed by atoms with E-state index in [1.54, 1.807) is 11.0 Å². The van der Waals surface area contributed by atoms with Crippen LogP contribution in [-0.2, 0) is 22.7 Å². The van der Waals surface area contributed by atoms with E-state index >= 15 is 0 Å². The topological polar surface area (TPSA) is 87.7 Å². The van der Waals surface area contributed by atoms with E-state index in [-0.39, 0.29) is 30.4 Å². The van der Waals surface area contributed by atoms with Crippen molar-refractivity contribution in [1.29, 1.82) is 0 Å². The second kappa shape index (κ2) is 9.35. The van der Waals surface area contributed by atoms with Crippen molar-refractivity contribution in [3.63, 3.8) is 0 Å². The van der Waals surface area contributed by atoms with Gasteiger partial charge in [0, 0.05) is 31.1 Å². The van der Waals surface area contributed by atoms with Gasteiger partial charge in [-0.3, -0.25) is 19.7 Å². The molecule has 3 aliphatic rings. The predicted molar refractivity (Wildman–Crippen MR) is 122 cm³/mol. The van der Waals surface area contributed by atoms with Crippen LogP contribution in [-0.4, -0.2) is 40.8 Å². The minimum atomic E-state index is -0.600. The molecule has 0 radical (unpaired) electrons. The van der Waals surface area contributed by atoms with Gasteiger partial charge in [-0.2, -0.15) is 0 Å². The van der Waals surface area contributed by atoms with Crippen molar-refractivity contribution in [2.45, 2.75) is 69.8 Å². The van der Waals surface area contributed by atoms with Gasteiger partial charge in [-0.15, -0.1) is 0 Å². The highest BCUT2D eigenvalue weighted by atomic mass is 16.5. The van der Waals surface area contributed by atoms with Crippen LogP contribution in [0.25, 0.3) is 0 Å². The maximum Gasteiger partial charge on any atom is 0.255 e. The number of nitrogens with one attached hydrogen (secondary N) is 2. The SMILES string of the molecule is O=C1CCC(N2Cc3cc(O[C@H]4CCCC[C@@H]4NCc4ccccc4)ccc3C2=O)C(=O)N1. The summed E-state index contributed by atoms with van der Waals surface area (Å²) in [5, 5.41) is 6.01. The molecule has 172 valence electrons. The first-order chi connectivity index (χ1) is 16.1. The normalized spacial score (nSPS) is 25.0. The third-order valence-corrected chi connectivity index (χ3v) is 6.90. The Morgan fingerprint density at radius 3 is 2.64 bits per heavy atom. The second-order valence-electron chi connectivity index (χ2n) is 9.13. The summed E-state index contributed by atoms with van der Waals surface area (Å²) in [6.07, 6.45) is 5.08. The van der Waals surface area contributed by atoms with Crippen LogP contribution in [0.3, 0.4) is 0 Å². The minimum absolute atomic E-state index is 0.0730. The van der Waals surface area contributed by atoms with E-state index in [9.17, 15) is 14.4 Å². The molecule has 3 amide bonds. The van der Waals surface area contributed by atoms with Crippen LogP contribution in [0.4, 0.5) is 0 Å². The smallest absolute Gasteiger partial charge is 0.255 e. The van der Waals surface area contributed by atoms with Gasteiger partial charge in [0.05, 0.1) is 0 Å². The number of rotatable bonds is 6. The highest BCUT2D eigenvalue weighted by molar-refractivity contribution is 6.05. The molecule has 0 spiro atoms. The Bertz CT molecular complexity index is 1050. The second-order valence-corrected chi connectivity index (χ2v) is 9.13. The molecule has 7 nitrogen and oxygen atoms in total. The number of imide groups is 1. The lowest BCUT2D eigenvalue weighted by molar-refractivity contribution is -0.136. The zero-order valence-electron chi connectivity index (χ0n) is 18.6. The van der Waals surface area contributed by atoms with Crippen molar-refractivity contribution < 1.29 is 19.1 Å². The number of piperidine rings is 1. The number of hydrogen-bond acceptors (Lipinski definition) is 5. The van der Waals surface area contributed by atoms with E-state index in [1.165, 1.54) is 12.0 Å². The number of ether oxygens (including phenoxy) is 1. The third-order valence-electron chi connectivity index (χ3n) is 6.90. The lowest BCUT2D eigenvalue weighted by Crippen LogP contribution is -2.52. The van der Waals surface area contributed by atoms with Gasteiger partial charge in [-0.05, 0) is 55.0 Å². The highest BCUT2D eigenvalue weighted by Gasteiger charge is 2.39. The maximum absolute atomic E-state index is 12.9. The molecule has 2 aromatic rings. The molecule has 2 aliphatic heterocycles. The van der Waals surface area contributed by atoms with Gasteiger partial charge >= 0.3 is 0 Å². The number of nitrogens with zero attached hydrogens (tertiary/aromatic N) is 1. The van der Waals surface area contributed by atoms with Crippen molar-refractivity contribution in [3.8, 4) is 5.75 Å². The Morgan fingerprint density at radius 1 is 1.00 bits per heavy atom. The number of carbonyl (C=O) groups is 3. The van der Waals surface area contributed by atoms with E-state index in [1.807, 2.05) is 18.2 Å². The van der Waals surface area contributed by atoms with Crippen molar-refractivity contribution >= 4 is 17.7 Å². The molecule has 2 fully saturated rings. The van der Waals surface area contributed by atoms with Crippen molar-refractivity contribution in [3.05, 3.63) is 65.2 Å². The van der Waals surface area contributed by atoms with Crippen LogP contribution in [0.2, 0.25) is 0 Å². The molecule has 2 heterocycles. The highest BCUT2D eigenvalue weighted by Crippen LogP contribution is 2.32. The monoisotopic (exact) mass is 447 g/mol. The quantitative estimate of drug-likeness (QED) is 0.665. The van der Waals surface area contributed by atoms with Gasteiger partial charge in [0.1, 0.15) is 17.9 Å². The molecule has 7 heteroatoms. The molecule has 33 heavy (non-hydrogen) atoms. The van der Waals surface area contributed by atoms with Gasteiger partial charge in [-0.1, -0.05) is 36.8 Å². The van der Waals surface area contributed by atoms with E-state index in [0.29, 0.717) is 18.5 Å². The lowest BCUT2D eigenvalue weighted by atomic mass is 9.92. The summed E-state index contributed by atoms with van der Waals surface area (Å²) < 4.78 is 6.42. The number of benzene rings is 2. The van der Waals surface area contributed by atoms with Crippen LogP contribution < -0.4 is 15.4 Å². The molecule has 1 unspecified atom stereocenters. The average molecular weight is 448 g/mol. The van der Waals surface area contributed by atoms with Gasteiger partial charge in [0.2, 0.25) is 11.8 Å². The average Bonchev–Trinajstić information content (AvgIpc) is 3.14. The third kappa shape index (κ3) is 4.64. The molecule has 5 rings (SSSR count). The summed E-state index contributed by atoms with van der Waals surface area (Å²) >= 11 is 0. The fourth-order valence-electron chi connectivity index (χ4n) is 5.12. The Hall–Kier alpha value is -3.19. The fraction of sp³-hybridized carbons (Fsp3) is 0.423. The molecule has 3 atom stereocenters. The van der Waals surface area contributed by atoms with Gasteiger partial charge in [0.15, 0.2) is 0 Å². The summed E-state index contributed by atoms with van der Waals surface area (Å²) in [6, 6.07) is 15.6. The maximum atomic E-state index is 12.9. The molecule has 0 bridgehead atoms. The molecule has 1 aliphatic carbocycles. The first kappa shape index (κ1) is 21.6. The summed E-state index contributed by atoms with van der Waals surface area (Å²) in [7, 11) is 0. The zero-order valence-corrected chi connectivity index (χ0v) is 18.6. The molecular weight excluding hydrogens is 418 g/mol. The van der Waals surface area contributed by atoms with Gasteiger partial charge in [-0.25, -0.2) is 0 Å². The van der Waals surface area contributed by atoms with Crippen LogP contribution in [0.5, 0.6) is 5.75 Å². The molecule has 2 aromatic carbocycles. The van der Waals surface area contributed by atoms with Crippen molar-refractivity contribution in [2.75, 3.05) is 0 Å². The zero-order chi connectivity index (χ0) is 22.8. The molecule has 2 N–H and O–H groups in total. The molecule has 0 aromatic heterocycles. The van der Waals surface area contributed by atoms with E-state index in [2.05, 4.69) is 34.9 Å². The standard InChI is InChI=1S/C26H29N3O4/c30-24-13-12-22(25(31)28-24)29-16-18-14-19(10-11-20(18)26(29)32)33-23-9-5-4-8-21(23)27-15-17-6-2-1-3-7-17/h1-3,6-7,10-11,14,21-23,27H,4-5,8-9,12-13,15-16H2,(H,28,30,31)/t21-,22?,23-/m0/s1. The Labute approximate surface area is 193 Å². The van der Waals surface area contributed by atoms with Crippen molar-refractivity contribution in [2.24, 2.45) is 0 Å². The van der Waals surface area contributed by atoms with E-state index in [4.69, 9.17) is 4.74 Å². The van der Waals surface area contributed by atoms with E-state index in [0.717, 1.165) is 37.1 Å². The minimum Gasteiger partial charge on any atom is -0.489 e. The molecular formula is C26H29N3O4. The predicted octanol–water partition coefficient (Wildman–Crippen LogP) is 2.93. The van der Waals surface area contributed by atoms with Gasteiger partial charge in [0.25, 0.3) is 5.91 Å². The lowest BCUT2D eigenvalue weighted by Gasteiger charge is -2.33. The molecule has 1 saturated heterocycles. The number of amides is 3. The fourth-order valence-corrected chi connectivity index (χ4v) is 5.12. The number of carbonyl (C=O) groups excluding carboxylic acids is 3. The summed E-state index contributed by atoms with van der Waals surface area (Å²) in [5.74, 6) is -0.0753. The summed E-state index contributed by atoms with van der Waals surface area (Å²) in [4.78, 5) is 38.2. The van der Waals surface area contributed by atoms with Crippen LogP contribution in [0.1, 0.15) is 60.0 Å².